The lowest BCUT2D eigenvalue weighted by Gasteiger charge is -2.11. The first kappa shape index (κ1) is 8.38. The summed E-state index contributed by atoms with van der Waals surface area (Å²) < 4.78 is 1.32. The van der Waals surface area contributed by atoms with Crippen LogP contribution in [0.4, 0.5) is 5.13 Å². The molecule has 0 spiro atoms. The van der Waals surface area contributed by atoms with Crippen molar-refractivity contribution in [2.45, 2.75) is 17.1 Å². The maximum Gasteiger partial charge on any atom is 0.186 e. The number of hydrogen-bond acceptors (Lipinski definition) is 4. The van der Waals surface area contributed by atoms with Crippen molar-refractivity contribution >= 4 is 28.2 Å². The summed E-state index contributed by atoms with van der Waals surface area (Å²) in [6.45, 7) is 2.39. The molecule has 2 heterocycles. The van der Waals surface area contributed by atoms with Crippen LogP contribution < -0.4 is 4.90 Å². The van der Waals surface area contributed by atoms with E-state index in [1.54, 1.807) is 11.8 Å². The zero-order valence-electron chi connectivity index (χ0n) is 7.12. The second-order valence-corrected chi connectivity index (χ2v) is 4.98. The van der Waals surface area contributed by atoms with Gasteiger partial charge < -0.3 is 4.90 Å². The van der Waals surface area contributed by atoms with E-state index in [0.717, 1.165) is 0 Å². The minimum Gasteiger partial charge on any atom is -0.348 e. The predicted octanol–water partition coefficient (Wildman–Crippen LogP) is 2.47. The highest BCUT2D eigenvalue weighted by Gasteiger charge is 2.14. The van der Waals surface area contributed by atoms with E-state index in [0.29, 0.717) is 0 Å². The van der Waals surface area contributed by atoms with E-state index in [4.69, 9.17) is 0 Å². The van der Waals surface area contributed by atoms with Gasteiger partial charge in [0.15, 0.2) is 5.13 Å². The molecule has 66 valence electrons. The molecule has 1 aliphatic rings. The molecule has 12 heavy (non-hydrogen) atoms. The molecular weight excluding hydrogens is 188 g/mol. The van der Waals surface area contributed by atoms with Crippen LogP contribution in [0.2, 0.25) is 0 Å². The normalized spacial score (nSPS) is 17.2. The van der Waals surface area contributed by atoms with Gasteiger partial charge in [-0.25, -0.2) is 4.98 Å². The Kier molecular flexibility index (Phi) is 2.56. The van der Waals surface area contributed by atoms with E-state index < -0.39 is 0 Å². The van der Waals surface area contributed by atoms with Crippen LogP contribution in [0, 0.1) is 0 Å². The average molecular weight is 200 g/mol. The Hall–Kier alpha value is -0.220. The van der Waals surface area contributed by atoms with Crippen LogP contribution in [0.3, 0.4) is 0 Å². The third-order valence-electron chi connectivity index (χ3n) is 2.05. The second-order valence-electron chi connectivity index (χ2n) is 2.86. The molecule has 0 bridgehead atoms. The second kappa shape index (κ2) is 3.66. The molecule has 0 N–H and O–H groups in total. The van der Waals surface area contributed by atoms with Crippen molar-refractivity contribution in [2.75, 3.05) is 24.2 Å². The van der Waals surface area contributed by atoms with Crippen LogP contribution in [0.15, 0.2) is 10.4 Å². The van der Waals surface area contributed by atoms with Crippen molar-refractivity contribution in [3.8, 4) is 0 Å². The van der Waals surface area contributed by atoms with Crippen molar-refractivity contribution in [1.82, 2.24) is 4.98 Å². The summed E-state index contributed by atoms with van der Waals surface area (Å²) in [5, 5.41) is 1.21. The summed E-state index contributed by atoms with van der Waals surface area (Å²) >= 11 is 3.59. The molecule has 2 rings (SSSR count). The fourth-order valence-corrected chi connectivity index (χ4v) is 2.82. The van der Waals surface area contributed by atoms with Crippen LogP contribution >= 0.6 is 23.1 Å². The Morgan fingerprint density at radius 2 is 2.25 bits per heavy atom. The molecule has 0 aliphatic carbocycles. The molecule has 0 unspecified atom stereocenters. The number of aromatic nitrogens is 1. The Morgan fingerprint density at radius 1 is 1.50 bits per heavy atom. The van der Waals surface area contributed by atoms with Gasteiger partial charge in [-0.3, -0.25) is 0 Å². The Labute approximate surface area is 81.0 Å². The van der Waals surface area contributed by atoms with E-state index >= 15 is 0 Å². The summed E-state index contributed by atoms with van der Waals surface area (Å²) in [5.41, 5.74) is 0. The van der Waals surface area contributed by atoms with Gasteiger partial charge in [0, 0.05) is 13.1 Å². The van der Waals surface area contributed by atoms with Crippen molar-refractivity contribution in [1.29, 1.82) is 0 Å². The summed E-state index contributed by atoms with van der Waals surface area (Å²) in [4.78, 5) is 6.77. The molecule has 1 fully saturated rings. The SMILES string of the molecule is CSc1cnc(N2CCCC2)s1. The first-order chi connectivity index (χ1) is 5.90. The van der Waals surface area contributed by atoms with Crippen molar-refractivity contribution in [2.24, 2.45) is 0 Å². The van der Waals surface area contributed by atoms with E-state index in [1.807, 2.05) is 17.5 Å². The zero-order valence-corrected chi connectivity index (χ0v) is 8.75. The number of hydrogen-bond donors (Lipinski definition) is 0. The maximum absolute atomic E-state index is 4.39. The molecule has 1 aromatic rings. The fraction of sp³-hybridized carbons (Fsp3) is 0.625. The highest BCUT2D eigenvalue weighted by atomic mass is 32.2. The fourth-order valence-electron chi connectivity index (χ4n) is 1.40. The minimum atomic E-state index is 1.20. The molecule has 2 nitrogen and oxygen atoms in total. The van der Waals surface area contributed by atoms with Gasteiger partial charge in [0.2, 0.25) is 0 Å². The van der Waals surface area contributed by atoms with E-state index in [-0.39, 0.29) is 0 Å². The van der Waals surface area contributed by atoms with E-state index in [2.05, 4.69) is 16.1 Å². The molecule has 0 radical (unpaired) electrons. The van der Waals surface area contributed by atoms with Crippen molar-refractivity contribution in [3.63, 3.8) is 0 Å². The van der Waals surface area contributed by atoms with Gasteiger partial charge in [-0.05, 0) is 19.1 Å². The third-order valence-corrected chi connectivity index (χ3v) is 4.16. The summed E-state index contributed by atoms with van der Waals surface area (Å²) in [6, 6.07) is 0. The van der Waals surface area contributed by atoms with Gasteiger partial charge in [0.05, 0.1) is 10.4 Å². The lowest BCUT2D eigenvalue weighted by molar-refractivity contribution is 0.949. The highest BCUT2D eigenvalue weighted by molar-refractivity contribution is 8.00. The van der Waals surface area contributed by atoms with Crippen LogP contribution in [-0.4, -0.2) is 24.3 Å². The standard InChI is InChI=1S/C8H12N2S2/c1-11-7-6-9-8(12-7)10-4-2-3-5-10/h6H,2-5H2,1H3. The molecule has 1 aliphatic heterocycles. The van der Waals surface area contributed by atoms with Crippen LogP contribution in [-0.2, 0) is 0 Å². The van der Waals surface area contributed by atoms with Crippen molar-refractivity contribution in [3.05, 3.63) is 6.20 Å². The maximum atomic E-state index is 4.39. The van der Waals surface area contributed by atoms with Gasteiger partial charge in [0.25, 0.3) is 0 Å². The lowest BCUT2D eigenvalue weighted by atomic mass is 10.4. The Bertz CT molecular complexity index is 253. The molecule has 1 saturated heterocycles. The number of thioether (sulfide) groups is 1. The van der Waals surface area contributed by atoms with Crippen LogP contribution in [0.1, 0.15) is 12.8 Å². The molecular formula is C8H12N2S2. The number of nitrogens with zero attached hydrogens (tertiary/aromatic N) is 2. The largest absolute Gasteiger partial charge is 0.348 e. The molecule has 0 amide bonds. The first-order valence-corrected chi connectivity index (χ1v) is 6.19. The van der Waals surface area contributed by atoms with E-state index in [9.17, 15) is 0 Å². The first-order valence-electron chi connectivity index (χ1n) is 4.15. The molecule has 0 aromatic carbocycles. The highest BCUT2D eigenvalue weighted by Crippen LogP contribution is 2.30. The van der Waals surface area contributed by atoms with E-state index in [1.165, 1.54) is 35.3 Å². The van der Waals surface area contributed by atoms with Gasteiger partial charge in [-0.1, -0.05) is 11.3 Å². The zero-order chi connectivity index (χ0) is 8.39. The summed E-state index contributed by atoms with van der Waals surface area (Å²) in [5.74, 6) is 0. The molecule has 1 aromatic heterocycles. The third kappa shape index (κ3) is 1.59. The lowest BCUT2D eigenvalue weighted by Crippen LogP contribution is -2.16. The molecule has 4 heteroatoms. The molecule has 0 atom stereocenters. The Morgan fingerprint density at radius 3 is 2.83 bits per heavy atom. The number of rotatable bonds is 2. The monoisotopic (exact) mass is 200 g/mol. The smallest absolute Gasteiger partial charge is 0.186 e. The predicted molar refractivity (Wildman–Crippen MR) is 55.3 cm³/mol. The van der Waals surface area contributed by atoms with Gasteiger partial charge in [-0.2, -0.15) is 0 Å². The molecule has 0 saturated carbocycles. The van der Waals surface area contributed by atoms with Gasteiger partial charge >= 0.3 is 0 Å². The number of anilines is 1. The topological polar surface area (TPSA) is 16.1 Å². The quantitative estimate of drug-likeness (QED) is 0.682. The van der Waals surface area contributed by atoms with Crippen LogP contribution in [0.25, 0.3) is 0 Å². The summed E-state index contributed by atoms with van der Waals surface area (Å²) in [6.07, 6.45) is 6.73. The summed E-state index contributed by atoms with van der Waals surface area (Å²) in [7, 11) is 0. The Balaban J connectivity index is 2.11. The number of thiazole rings is 1. The minimum absolute atomic E-state index is 1.20. The van der Waals surface area contributed by atoms with Gasteiger partial charge in [-0.15, -0.1) is 11.8 Å². The average Bonchev–Trinajstić information content (AvgIpc) is 2.75. The van der Waals surface area contributed by atoms with Crippen LogP contribution in [0.5, 0.6) is 0 Å². The van der Waals surface area contributed by atoms with Crippen molar-refractivity contribution < 1.29 is 0 Å². The van der Waals surface area contributed by atoms with Gasteiger partial charge in [0.1, 0.15) is 0 Å².